The molecule has 0 radical (unpaired) electrons. The van der Waals surface area contributed by atoms with E-state index in [4.69, 9.17) is 0 Å². The Hall–Kier alpha value is -5.57. The molecule has 0 spiro atoms. The summed E-state index contributed by atoms with van der Waals surface area (Å²) in [5, 5.41) is 19.3. The summed E-state index contributed by atoms with van der Waals surface area (Å²) in [7, 11) is 0. The number of phenolic OH excluding ortho intramolecular Hbond substituents is 2. The van der Waals surface area contributed by atoms with Crippen LogP contribution in [0.5, 0.6) is 11.5 Å². The molecule has 4 amide bonds. The molecule has 9 heteroatoms. The molecule has 0 saturated heterocycles. The zero-order chi connectivity index (χ0) is 26.7. The number of rotatable bonds is 4. The molecule has 4 aromatic rings. The number of carbonyl (C=O) groups excluding carboxylic acids is 5. The highest BCUT2D eigenvalue weighted by atomic mass is 16.3. The second-order valence-corrected chi connectivity index (χ2v) is 8.77. The first-order valence-corrected chi connectivity index (χ1v) is 11.4. The van der Waals surface area contributed by atoms with Gasteiger partial charge in [0.2, 0.25) is 0 Å². The van der Waals surface area contributed by atoms with Gasteiger partial charge in [-0.3, -0.25) is 24.0 Å². The molecular weight excluding hydrogens is 488 g/mol. The summed E-state index contributed by atoms with van der Waals surface area (Å²) in [5.41, 5.74) is 1.72. The number of phenols is 2. The highest BCUT2D eigenvalue weighted by molar-refractivity contribution is 6.35. The molecule has 184 valence electrons. The Balaban J connectivity index is 1.22. The molecule has 2 aliphatic rings. The van der Waals surface area contributed by atoms with Crippen molar-refractivity contribution in [2.75, 3.05) is 9.80 Å². The van der Waals surface area contributed by atoms with Crippen LogP contribution in [0.3, 0.4) is 0 Å². The lowest BCUT2D eigenvalue weighted by Gasteiger charge is -2.15. The van der Waals surface area contributed by atoms with E-state index in [1.165, 1.54) is 84.9 Å². The van der Waals surface area contributed by atoms with Gasteiger partial charge in [-0.25, -0.2) is 9.80 Å². The number of ketones is 1. The molecule has 0 saturated carbocycles. The predicted octanol–water partition coefficient (Wildman–Crippen LogP) is 3.93. The summed E-state index contributed by atoms with van der Waals surface area (Å²) in [6, 6.07) is 19.8. The van der Waals surface area contributed by atoms with E-state index in [9.17, 15) is 34.2 Å². The monoisotopic (exact) mass is 504 g/mol. The molecule has 2 aliphatic heterocycles. The van der Waals surface area contributed by atoms with Crippen molar-refractivity contribution in [1.29, 1.82) is 0 Å². The zero-order valence-corrected chi connectivity index (χ0v) is 19.4. The molecule has 38 heavy (non-hydrogen) atoms. The first-order chi connectivity index (χ1) is 18.2. The molecule has 6 rings (SSSR count). The van der Waals surface area contributed by atoms with Gasteiger partial charge in [0.05, 0.1) is 33.6 Å². The van der Waals surface area contributed by atoms with E-state index in [0.717, 1.165) is 9.80 Å². The van der Waals surface area contributed by atoms with Crippen molar-refractivity contribution < 1.29 is 34.2 Å². The van der Waals surface area contributed by atoms with Crippen LogP contribution in [0, 0.1) is 0 Å². The van der Waals surface area contributed by atoms with Crippen LogP contribution in [-0.2, 0) is 0 Å². The summed E-state index contributed by atoms with van der Waals surface area (Å²) in [6.45, 7) is 0. The van der Waals surface area contributed by atoms with Crippen molar-refractivity contribution in [1.82, 2.24) is 0 Å². The SMILES string of the molecule is O=C(c1ccc(N2C(=O)c3ccc(O)cc3C2=O)cc1)c1ccc(N2C(=O)c3ccc(O)cc3C2=O)cc1. The Kier molecular flexibility index (Phi) is 4.96. The van der Waals surface area contributed by atoms with Crippen molar-refractivity contribution in [2.24, 2.45) is 0 Å². The lowest BCUT2D eigenvalue weighted by atomic mass is 10.0. The Morgan fingerprint density at radius 1 is 0.474 bits per heavy atom. The van der Waals surface area contributed by atoms with Gasteiger partial charge in [-0.1, -0.05) is 0 Å². The zero-order valence-electron chi connectivity index (χ0n) is 19.4. The fourth-order valence-electron chi connectivity index (χ4n) is 4.62. The van der Waals surface area contributed by atoms with Gasteiger partial charge in [0.1, 0.15) is 11.5 Å². The summed E-state index contributed by atoms with van der Waals surface area (Å²) in [4.78, 5) is 65.9. The maximum Gasteiger partial charge on any atom is 0.266 e. The third-order valence-electron chi connectivity index (χ3n) is 6.52. The Bertz CT molecular complexity index is 1600. The van der Waals surface area contributed by atoms with Crippen LogP contribution in [-0.4, -0.2) is 39.6 Å². The topological polar surface area (TPSA) is 132 Å². The first kappa shape index (κ1) is 22.9. The van der Waals surface area contributed by atoms with Crippen LogP contribution in [0.15, 0.2) is 84.9 Å². The lowest BCUT2D eigenvalue weighted by molar-refractivity contribution is 0.0910. The second kappa shape index (κ2) is 8.24. The van der Waals surface area contributed by atoms with E-state index in [0.29, 0.717) is 11.1 Å². The molecule has 2 heterocycles. The van der Waals surface area contributed by atoms with E-state index in [1.807, 2.05) is 0 Å². The molecule has 0 bridgehead atoms. The van der Waals surface area contributed by atoms with E-state index in [1.54, 1.807) is 0 Å². The summed E-state index contributed by atoms with van der Waals surface area (Å²) >= 11 is 0. The molecule has 0 aromatic heterocycles. The van der Waals surface area contributed by atoms with Crippen LogP contribution in [0.1, 0.15) is 57.4 Å². The Morgan fingerprint density at radius 3 is 1.18 bits per heavy atom. The summed E-state index contributed by atoms with van der Waals surface area (Å²) in [5.74, 6) is -2.78. The number of hydrogen-bond donors (Lipinski definition) is 2. The largest absolute Gasteiger partial charge is 0.508 e. The maximum absolute atomic E-state index is 13.1. The Morgan fingerprint density at radius 2 is 0.816 bits per heavy atom. The number of benzene rings is 4. The fraction of sp³-hybridized carbons (Fsp3) is 0. The van der Waals surface area contributed by atoms with Crippen LogP contribution in [0.25, 0.3) is 0 Å². The van der Waals surface area contributed by atoms with Crippen LogP contribution in [0.2, 0.25) is 0 Å². The number of hydrogen-bond acceptors (Lipinski definition) is 7. The van der Waals surface area contributed by atoms with Crippen molar-refractivity contribution >= 4 is 40.8 Å². The minimum Gasteiger partial charge on any atom is -0.508 e. The average molecular weight is 504 g/mol. The average Bonchev–Trinajstić information content (AvgIpc) is 3.31. The number of anilines is 2. The van der Waals surface area contributed by atoms with Crippen molar-refractivity contribution in [3.63, 3.8) is 0 Å². The molecular formula is C29H16N2O7. The van der Waals surface area contributed by atoms with Gasteiger partial charge in [0.25, 0.3) is 23.6 Å². The summed E-state index contributed by atoms with van der Waals surface area (Å²) < 4.78 is 0. The van der Waals surface area contributed by atoms with Crippen LogP contribution < -0.4 is 9.80 Å². The molecule has 0 atom stereocenters. The van der Waals surface area contributed by atoms with Crippen LogP contribution >= 0.6 is 0 Å². The lowest BCUT2D eigenvalue weighted by Crippen LogP contribution is -2.29. The maximum atomic E-state index is 13.1. The van der Waals surface area contributed by atoms with Gasteiger partial charge in [-0.15, -0.1) is 0 Å². The first-order valence-electron chi connectivity index (χ1n) is 11.4. The normalized spacial score (nSPS) is 14.2. The smallest absolute Gasteiger partial charge is 0.266 e. The number of amides is 4. The fourth-order valence-corrected chi connectivity index (χ4v) is 4.62. The van der Waals surface area contributed by atoms with Gasteiger partial charge in [-0.2, -0.15) is 0 Å². The predicted molar refractivity (Wildman–Crippen MR) is 135 cm³/mol. The number of nitrogens with zero attached hydrogens (tertiary/aromatic N) is 2. The second-order valence-electron chi connectivity index (χ2n) is 8.77. The minimum absolute atomic E-state index is 0.102. The third-order valence-corrected chi connectivity index (χ3v) is 6.52. The van der Waals surface area contributed by atoms with E-state index in [-0.39, 0.29) is 50.9 Å². The third kappa shape index (κ3) is 3.37. The number of aromatic hydroxyl groups is 2. The quantitative estimate of drug-likeness (QED) is 0.318. The van der Waals surface area contributed by atoms with Gasteiger partial charge in [0, 0.05) is 11.1 Å². The van der Waals surface area contributed by atoms with E-state index >= 15 is 0 Å². The van der Waals surface area contributed by atoms with Gasteiger partial charge in [-0.05, 0) is 84.9 Å². The highest BCUT2D eigenvalue weighted by Crippen LogP contribution is 2.32. The van der Waals surface area contributed by atoms with Gasteiger partial charge in [0.15, 0.2) is 5.78 Å². The molecule has 0 unspecified atom stereocenters. The van der Waals surface area contributed by atoms with Crippen molar-refractivity contribution in [3.8, 4) is 11.5 Å². The van der Waals surface area contributed by atoms with Crippen molar-refractivity contribution in [2.45, 2.75) is 0 Å². The standard InChI is InChI=1S/C29H16N2O7/c32-19-9-11-21-23(13-19)28(37)30(26(21)35)17-5-1-15(2-6-17)25(34)16-3-7-18(8-4-16)31-27(36)22-12-10-20(33)14-24(22)29(31)38/h1-14,32-33H. The molecule has 0 fully saturated rings. The summed E-state index contributed by atoms with van der Waals surface area (Å²) in [6.07, 6.45) is 0. The number of fused-ring (bicyclic) bond motifs is 2. The number of imide groups is 2. The van der Waals surface area contributed by atoms with E-state index in [2.05, 4.69) is 0 Å². The van der Waals surface area contributed by atoms with Crippen LogP contribution in [0.4, 0.5) is 11.4 Å². The molecule has 2 N–H and O–H groups in total. The van der Waals surface area contributed by atoms with Gasteiger partial charge >= 0.3 is 0 Å². The number of carbonyl (C=O) groups is 5. The molecule has 4 aromatic carbocycles. The molecule has 9 nitrogen and oxygen atoms in total. The van der Waals surface area contributed by atoms with Crippen molar-refractivity contribution in [3.05, 3.63) is 118 Å². The minimum atomic E-state index is -0.570. The highest BCUT2D eigenvalue weighted by Gasteiger charge is 2.38. The van der Waals surface area contributed by atoms with E-state index < -0.39 is 23.6 Å². The van der Waals surface area contributed by atoms with Gasteiger partial charge < -0.3 is 10.2 Å². The molecule has 0 aliphatic carbocycles. The Labute approximate surface area is 214 Å².